The van der Waals surface area contributed by atoms with Gasteiger partial charge in [-0.3, -0.25) is 9.78 Å². The molecule has 0 spiro atoms. The van der Waals surface area contributed by atoms with Crippen LogP contribution in [0.4, 0.5) is 10.2 Å². The number of aromatic nitrogens is 2. The number of carbonyl (C=O) groups is 1. The van der Waals surface area contributed by atoms with E-state index in [2.05, 4.69) is 15.3 Å². The number of rotatable bonds is 2. The Hall–Kier alpha value is -2.01. The van der Waals surface area contributed by atoms with Crippen LogP contribution in [0.1, 0.15) is 15.9 Å². The van der Waals surface area contributed by atoms with Gasteiger partial charge < -0.3 is 5.32 Å². The third kappa shape index (κ3) is 2.81. The second-order valence-corrected chi connectivity index (χ2v) is 4.05. The Labute approximate surface area is 108 Å². The van der Waals surface area contributed by atoms with Gasteiger partial charge in [-0.15, -0.1) is 0 Å². The summed E-state index contributed by atoms with van der Waals surface area (Å²) in [7, 11) is 0. The maximum Gasteiger partial charge on any atom is 0.259 e. The zero-order valence-corrected chi connectivity index (χ0v) is 10.2. The third-order valence-electron chi connectivity index (χ3n) is 2.21. The summed E-state index contributed by atoms with van der Waals surface area (Å²) < 4.78 is 13.5. The molecule has 1 heterocycles. The summed E-state index contributed by atoms with van der Waals surface area (Å²) in [6.45, 7) is 1.77. The second kappa shape index (κ2) is 5.10. The monoisotopic (exact) mass is 265 g/mol. The van der Waals surface area contributed by atoms with Crippen LogP contribution in [0.25, 0.3) is 0 Å². The lowest BCUT2D eigenvalue weighted by molar-refractivity contribution is 0.102. The van der Waals surface area contributed by atoms with Gasteiger partial charge in [-0.2, -0.15) is 0 Å². The van der Waals surface area contributed by atoms with E-state index in [9.17, 15) is 9.18 Å². The zero-order chi connectivity index (χ0) is 13.1. The van der Waals surface area contributed by atoms with Gasteiger partial charge in [0, 0.05) is 0 Å². The van der Waals surface area contributed by atoms with Gasteiger partial charge in [0.05, 0.1) is 18.0 Å². The van der Waals surface area contributed by atoms with Gasteiger partial charge in [-0.25, -0.2) is 9.37 Å². The van der Waals surface area contributed by atoms with Crippen LogP contribution in [0.3, 0.4) is 0 Å². The largest absolute Gasteiger partial charge is 0.305 e. The highest BCUT2D eigenvalue weighted by Gasteiger charge is 2.12. The molecule has 1 aromatic carbocycles. The van der Waals surface area contributed by atoms with E-state index in [1.165, 1.54) is 24.5 Å². The predicted molar refractivity (Wildman–Crippen MR) is 66.1 cm³/mol. The molecule has 92 valence electrons. The van der Waals surface area contributed by atoms with E-state index < -0.39 is 11.7 Å². The van der Waals surface area contributed by atoms with Gasteiger partial charge in [0.2, 0.25) is 0 Å². The van der Waals surface area contributed by atoms with Crippen molar-refractivity contribution in [1.82, 2.24) is 9.97 Å². The number of carbonyl (C=O) groups excluding carboxylic acids is 1. The molecule has 0 radical (unpaired) electrons. The van der Waals surface area contributed by atoms with E-state index in [4.69, 9.17) is 11.6 Å². The van der Waals surface area contributed by atoms with Gasteiger partial charge in [0.15, 0.2) is 5.82 Å². The molecule has 0 fully saturated rings. The Bertz CT molecular complexity index is 604. The van der Waals surface area contributed by atoms with Crippen molar-refractivity contribution >= 4 is 23.3 Å². The van der Waals surface area contributed by atoms with Crippen molar-refractivity contribution in [3.05, 3.63) is 52.7 Å². The molecular weight excluding hydrogens is 257 g/mol. The summed E-state index contributed by atoms with van der Waals surface area (Å²) >= 11 is 5.63. The Kier molecular flexibility index (Phi) is 3.53. The summed E-state index contributed by atoms with van der Waals surface area (Å²) in [5.74, 6) is -1.01. The van der Waals surface area contributed by atoms with Crippen molar-refractivity contribution in [1.29, 1.82) is 0 Å². The van der Waals surface area contributed by atoms with Crippen molar-refractivity contribution in [3.8, 4) is 0 Å². The van der Waals surface area contributed by atoms with E-state index in [-0.39, 0.29) is 16.5 Å². The molecule has 1 N–H and O–H groups in total. The molecule has 4 nitrogen and oxygen atoms in total. The first kappa shape index (κ1) is 12.4. The lowest BCUT2D eigenvalue weighted by atomic mass is 10.1. The third-order valence-corrected chi connectivity index (χ3v) is 2.40. The molecule has 1 aromatic heterocycles. The summed E-state index contributed by atoms with van der Waals surface area (Å²) in [5, 5.41) is 2.58. The number of aryl methyl sites for hydroxylation is 1. The number of hydrogen-bond acceptors (Lipinski definition) is 3. The molecule has 0 aliphatic carbocycles. The van der Waals surface area contributed by atoms with Crippen LogP contribution in [-0.2, 0) is 0 Å². The number of nitrogens with zero attached hydrogens (tertiary/aromatic N) is 2. The van der Waals surface area contributed by atoms with Crippen LogP contribution in [0.5, 0.6) is 0 Å². The van der Waals surface area contributed by atoms with Crippen LogP contribution in [-0.4, -0.2) is 15.9 Å². The lowest BCUT2D eigenvalue weighted by Crippen LogP contribution is -2.15. The number of benzene rings is 1. The number of amides is 1. The van der Waals surface area contributed by atoms with E-state index in [0.29, 0.717) is 0 Å². The molecule has 0 saturated heterocycles. The summed E-state index contributed by atoms with van der Waals surface area (Å²) in [6.07, 6.45) is 2.67. The fourth-order valence-electron chi connectivity index (χ4n) is 1.40. The number of halogens is 2. The molecule has 2 aromatic rings. The van der Waals surface area contributed by atoms with Crippen LogP contribution in [0.2, 0.25) is 5.15 Å². The van der Waals surface area contributed by atoms with Gasteiger partial charge in [-0.05, 0) is 19.1 Å². The average Bonchev–Trinajstić information content (AvgIpc) is 2.32. The van der Waals surface area contributed by atoms with Crippen molar-refractivity contribution in [3.63, 3.8) is 0 Å². The molecule has 0 aliphatic heterocycles. The molecule has 18 heavy (non-hydrogen) atoms. The van der Waals surface area contributed by atoms with Crippen LogP contribution >= 0.6 is 11.6 Å². The van der Waals surface area contributed by atoms with E-state index in [1.54, 1.807) is 13.0 Å². The number of anilines is 1. The standard InChI is InChI=1S/C12H9ClFN3O/c1-7-2-3-9(14)8(4-7)12(18)17-11-6-15-5-10(13)16-11/h2-6H,1H3,(H,16,17,18). The second-order valence-electron chi connectivity index (χ2n) is 3.66. The van der Waals surface area contributed by atoms with Crippen molar-refractivity contribution in [2.45, 2.75) is 6.92 Å². The molecule has 1 amide bonds. The molecule has 0 aliphatic rings. The minimum atomic E-state index is -0.590. The average molecular weight is 266 g/mol. The van der Waals surface area contributed by atoms with E-state index >= 15 is 0 Å². The highest BCUT2D eigenvalue weighted by atomic mass is 35.5. The number of nitrogens with one attached hydrogen (secondary N) is 1. The minimum absolute atomic E-state index is 0.0447. The van der Waals surface area contributed by atoms with Crippen molar-refractivity contribution in [2.24, 2.45) is 0 Å². The molecule has 0 saturated carbocycles. The quantitative estimate of drug-likeness (QED) is 0.908. The maximum absolute atomic E-state index is 13.5. The number of hydrogen-bond donors (Lipinski definition) is 1. The summed E-state index contributed by atoms with van der Waals surface area (Å²) in [5.41, 5.74) is 0.746. The van der Waals surface area contributed by atoms with Crippen LogP contribution in [0, 0.1) is 12.7 Å². The maximum atomic E-state index is 13.5. The fourth-order valence-corrected chi connectivity index (χ4v) is 1.55. The Morgan fingerprint density at radius 1 is 1.39 bits per heavy atom. The molecule has 0 atom stereocenters. The minimum Gasteiger partial charge on any atom is -0.305 e. The molecular formula is C12H9ClFN3O. The fraction of sp³-hybridized carbons (Fsp3) is 0.0833. The first-order chi connectivity index (χ1) is 8.56. The van der Waals surface area contributed by atoms with Gasteiger partial charge >= 0.3 is 0 Å². The Morgan fingerprint density at radius 2 is 2.17 bits per heavy atom. The first-order valence-electron chi connectivity index (χ1n) is 5.11. The normalized spacial score (nSPS) is 10.2. The van der Waals surface area contributed by atoms with Gasteiger partial charge in [-0.1, -0.05) is 23.2 Å². The SMILES string of the molecule is Cc1ccc(F)c(C(=O)Nc2cncc(Cl)n2)c1. The van der Waals surface area contributed by atoms with E-state index in [1.807, 2.05) is 0 Å². The van der Waals surface area contributed by atoms with Crippen LogP contribution < -0.4 is 5.32 Å². The molecule has 0 bridgehead atoms. The van der Waals surface area contributed by atoms with Gasteiger partial charge in [0.25, 0.3) is 5.91 Å². The predicted octanol–water partition coefficient (Wildman–Crippen LogP) is 2.83. The molecule has 6 heteroatoms. The molecule has 0 unspecified atom stereocenters. The lowest BCUT2D eigenvalue weighted by Gasteiger charge is -2.06. The molecule has 2 rings (SSSR count). The van der Waals surface area contributed by atoms with Gasteiger partial charge in [0.1, 0.15) is 11.0 Å². The first-order valence-corrected chi connectivity index (χ1v) is 5.49. The topological polar surface area (TPSA) is 54.9 Å². The zero-order valence-electron chi connectivity index (χ0n) is 9.45. The Balaban J connectivity index is 2.24. The van der Waals surface area contributed by atoms with Crippen LogP contribution in [0.15, 0.2) is 30.6 Å². The van der Waals surface area contributed by atoms with Crippen molar-refractivity contribution in [2.75, 3.05) is 5.32 Å². The summed E-state index contributed by atoms with van der Waals surface area (Å²) in [4.78, 5) is 19.4. The smallest absolute Gasteiger partial charge is 0.259 e. The highest BCUT2D eigenvalue weighted by Crippen LogP contribution is 2.13. The highest BCUT2D eigenvalue weighted by molar-refractivity contribution is 6.29. The van der Waals surface area contributed by atoms with E-state index in [0.717, 1.165) is 5.56 Å². The summed E-state index contributed by atoms with van der Waals surface area (Å²) in [6, 6.07) is 4.29. The van der Waals surface area contributed by atoms with Crippen molar-refractivity contribution < 1.29 is 9.18 Å². The Morgan fingerprint density at radius 3 is 2.89 bits per heavy atom.